The lowest BCUT2D eigenvalue weighted by Crippen LogP contribution is -2.38. The SMILES string of the molecule is Cn1c2c(cc(Cc3ccc(Cl)cc3C#N)c1=O)N(C(=O)OC(C)(C)C)CC2(C)C. The van der Waals surface area contributed by atoms with Gasteiger partial charge in [-0.1, -0.05) is 31.5 Å². The van der Waals surface area contributed by atoms with Gasteiger partial charge < -0.3 is 9.30 Å². The number of carbonyl (C=O) groups is 1. The second-order valence-electron chi connectivity index (χ2n) is 9.31. The molecular weight excluding hydrogens is 402 g/mol. The van der Waals surface area contributed by atoms with Crippen molar-refractivity contribution in [2.45, 2.75) is 52.1 Å². The molecule has 6 nitrogen and oxygen atoms in total. The van der Waals surface area contributed by atoms with Gasteiger partial charge in [0.25, 0.3) is 5.56 Å². The average Bonchev–Trinajstić information content (AvgIpc) is 2.90. The molecular formula is C23H26ClN3O3. The van der Waals surface area contributed by atoms with Crippen molar-refractivity contribution in [3.63, 3.8) is 0 Å². The van der Waals surface area contributed by atoms with E-state index in [1.54, 1.807) is 40.8 Å². The van der Waals surface area contributed by atoms with Crippen LogP contribution in [0.25, 0.3) is 0 Å². The third-order valence-corrected chi connectivity index (χ3v) is 5.38. The molecule has 0 radical (unpaired) electrons. The number of nitriles is 1. The quantitative estimate of drug-likeness (QED) is 0.705. The molecule has 1 aliphatic heterocycles. The van der Waals surface area contributed by atoms with Crippen molar-refractivity contribution in [1.82, 2.24) is 4.57 Å². The zero-order chi connectivity index (χ0) is 22.4. The summed E-state index contributed by atoms with van der Waals surface area (Å²) in [5, 5.41) is 9.90. The highest BCUT2D eigenvalue weighted by molar-refractivity contribution is 6.30. The summed E-state index contributed by atoms with van der Waals surface area (Å²) in [4.78, 5) is 27.6. The van der Waals surface area contributed by atoms with E-state index >= 15 is 0 Å². The molecule has 0 bridgehead atoms. The molecule has 0 aliphatic carbocycles. The molecule has 0 N–H and O–H groups in total. The lowest BCUT2D eigenvalue weighted by molar-refractivity contribution is 0.0579. The highest BCUT2D eigenvalue weighted by Crippen LogP contribution is 2.40. The van der Waals surface area contributed by atoms with Gasteiger partial charge in [-0.3, -0.25) is 9.69 Å². The summed E-state index contributed by atoms with van der Waals surface area (Å²) < 4.78 is 7.20. The number of fused-ring (bicyclic) bond motifs is 1. The number of pyridine rings is 1. The molecule has 1 aromatic heterocycles. The fourth-order valence-corrected chi connectivity index (χ4v) is 4.14. The molecule has 1 amide bonds. The summed E-state index contributed by atoms with van der Waals surface area (Å²) >= 11 is 5.99. The number of hydrogen-bond acceptors (Lipinski definition) is 4. The predicted octanol–water partition coefficient (Wildman–Crippen LogP) is 4.53. The third-order valence-electron chi connectivity index (χ3n) is 5.14. The highest BCUT2D eigenvalue weighted by atomic mass is 35.5. The molecule has 3 rings (SSSR count). The highest BCUT2D eigenvalue weighted by Gasteiger charge is 2.42. The number of ether oxygens (including phenoxy) is 1. The number of aromatic nitrogens is 1. The lowest BCUT2D eigenvalue weighted by Gasteiger charge is -2.25. The Morgan fingerprint density at radius 2 is 1.93 bits per heavy atom. The minimum atomic E-state index is -0.627. The van der Waals surface area contributed by atoms with Crippen LogP contribution >= 0.6 is 11.6 Å². The van der Waals surface area contributed by atoms with Gasteiger partial charge in [0.05, 0.1) is 23.0 Å². The fraction of sp³-hybridized carbons (Fsp3) is 0.435. The van der Waals surface area contributed by atoms with Gasteiger partial charge in [0.2, 0.25) is 0 Å². The zero-order valence-electron chi connectivity index (χ0n) is 18.2. The Bertz CT molecular complexity index is 1120. The molecule has 30 heavy (non-hydrogen) atoms. The molecule has 2 aromatic rings. The minimum absolute atomic E-state index is 0.147. The van der Waals surface area contributed by atoms with E-state index in [-0.39, 0.29) is 12.0 Å². The number of halogens is 1. The summed E-state index contributed by atoms with van der Waals surface area (Å²) in [6, 6.07) is 8.93. The van der Waals surface area contributed by atoms with E-state index in [1.807, 2.05) is 34.6 Å². The molecule has 0 unspecified atom stereocenters. The van der Waals surface area contributed by atoms with Gasteiger partial charge in [-0.2, -0.15) is 5.26 Å². The van der Waals surface area contributed by atoms with Crippen LogP contribution in [0.4, 0.5) is 10.5 Å². The number of nitrogens with zero attached hydrogens (tertiary/aromatic N) is 3. The molecule has 1 aromatic carbocycles. The van der Waals surface area contributed by atoms with E-state index in [4.69, 9.17) is 16.3 Å². The van der Waals surface area contributed by atoms with Crippen LogP contribution < -0.4 is 10.5 Å². The van der Waals surface area contributed by atoms with Gasteiger partial charge in [-0.05, 0) is 44.5 Å². The molecule has 2 heterocycles. The number of carbonyl (C=O) groups excluding carboxylic acids is 1. The first-order valence-electron chi connectivity index (χ1n) is 9.76. The monoisotopic (exact) mass is 427 g/mol. The molecule has 0 atom stereocenters. The van der Waals surface area contributed by atoms with Crippen molar-refractivity contribution in [3.8, 4) is 6.07 Å². The first-order chi connectivity index (χ1) is 13.8. The van der Waals surface area contributed by atoms with Crippen LogP contribution in [0.2, 0.25) is 5.02 Å². The van der Waals surface area contributed by atoms with Crippen LogP contribution in [0, 0.1) is 11.3 Å². The van der Waals surface area contributed by atoms with E-state index in [9.17, 15) is 14.9 Å². The summed E-state index contributed by atoms with van der Waals surface area (Å²) in [6.07, 6.45) is -0.175. The van der Waals surface area contributed by atoms with Crippen LogP contribution in [0.15, 0.2) is 29.1 Å². The molecule has 0 saturated carbocycles. The zero-order valence-corrected chi connectivity index (χ0v) is 18.9. The second kappa shape index (κ2) is 7.48. The summed E-state index contributed by atoms with van der Waals surface area (Å²) in [7, 11) is 1.72. The summed E-state index contributed by atoms with van der Waals surface area (Å²) in [5.74, 6) is 0. The fourth-order valence-electron chi connectivity index (χ4n) is 3.96. The number of benzene rings is 1. The number of hydrogen-bond donors (Lipinski definition) is 0. The molecule has 1 aliphatic rings. The van der Waals surface area contributed by atoms with Gasteiger partial charge in [0.1, 0.15) is 5.60 Å². The van der Waals surface area contributed by atoms with Gasteiger partial charge in [0, 0.05) is 36.0 Å². The Labute approximate surface area is 181 Å². The molecule has 158 valence electrons. The van der Waals surface area contributed by atoms with Crippen molar-refractivity contribution >= 4 is 23.4 Å². The van der Waals surface area contributed by atoms with Crippen LogP contribution in [0.3, 0.4) is 0 Å². The van der Waals surface area contributed by atoms with Gasteiger partial charge in [0.15, 0.2) is 0 Å². The van der Waals surface area contributed by atoms with Gasteiger partial charge >= 0.3 is 6.09 Å². The Hall–Kier alpha value is -2.78. The van der Waals surface area contributed by atoms with E-state index in [0.29, 0.717) is 33.9 Å². The topological polar surface area (TPSA) is 75.3 Å². The third kappa shape index (κ3) is 4.08. The first-order valence-corrected chi connectivity index (χ1v) is 10.1. The van der Waals surface area contributed by atoms with E-state index in [1.165, 1.54) is 0 Å². The first kappa shape index (κ1) is 21.9. The second-order valence-corrected chi connectivity index (χ2v) is 9.74. The van der Waals surface area contributed by atoms with Crippen molar-refractivity contribution < 1.29 is 9.53 Å². The Morgan fingerprint density at radius 1 is 1.27 bits per heavy atom. The van der Waals surface area contributed by atoms with E-state index in [0.717, 1.165) is 5.69 Å². The van der Waals surface area contributed by atoms with Crippen molar-refractivity contribution in [2.75, 3.05) is 11.4 Å². The Balaban J connectivity index is 2.11. The molecule has 0 fully saturated rings. The lowest BCUT2D eigenvalue weighted by atomic mass is 9.90. The molecule has 0 saturated heterocycles. The average molecular weight is 428 g/mol. The van der Waals surface area contributed by atoms with Crippen LogP contribution in [-0.2, 0) is 23.6 Å². The number of amides is 1. The van der Waals surface area contributed by atoms with Crippen LogP contribution in [-0.4, -0.2) is 22.8 Å². The van der Waals surface area contributed by atoms with Crippen molar-refractivity contribution in [3.05, 3.63) is 62.0 Å². The van der Waals surface area contributed by atoms with Crippen molar-refractivity contribution in [1.29, 1.82) is 5.26 Å². The van der Waals surface area contributed by atoms with E-state index < -0.39 is 17.1 Å². The smallest absolute Gasteiger partial charge is 0.414 e. The normalized spacial score (nSPS) is 14.9. The predicted molar refractivity (Wildman–Crippen MR) is 117 cm³/mol. The van der Waals surface area contributed by atoms with E-state index in [2.05, 4.69) is 6.07 Å². The Kier molecular flexibility index (Phi) is 5.46. The Morgan fingerprint density at radius 3 is 2.53 bits per heavy atom. The largest absolute Gasteiger partial charge is 0.443 e. The molecule has 7 heteroatoms. The minimum Gasteiger partial charge on any atom is -0.443 e. The maximum atomic E-state index is 13.1. The number of rotatable bonds is 2. The summed E-state index contributed by atoms with van der Waals surface area (Å²) in [5.41, 5.74) is 1.91. The van der Waals surface area contributed by atoms with Crippen LogP contribution in [0.1, 0.15) is 57.0 Å². The van der Waals surface area contributed by atoms with Crippen molar-refractivity contribution in [2.24, 2.45) is 7.05 Å². The van der Waals surface area contributed by atoms with Crippen LogP contribution in [0.5, 0.6) is 0 Å². The maximum absolute atomic E-state index is 13.1. The standard InChI is InChI=1S/C23H26ClN3O3/c1-22(2,3)30-21(29)27-13-23(4,5)19-18(27)11-15(20(28)26(19)6)9-14-7-8-17(24)10-16(14)12-25/h7-8,10-11H,9,13H2,1-6H3. The van der Waals surface area contributed by atoms with Gasteiger partial charge in [-0.15, -0.1) is 0 Å². The van der Waals surface area contributed by atoms with Gasteiger partial charge in [-0.25, -0.2) is 4.79 Å². The summed E-state index contributed by atoms with van der Waals surface area (Å²) in [6.45, 7) is 9.89. The maximum Gasteiger partial charge on any atom is 0.414 e. The molecule has 0 spiro atoms. The number of anilines is 1.